The molecule has 1 aliphatic rings. The predicted octanol–water partition coefficient (Wildman–Crippen LogP) is 2.32. The SMILES string of the molecule is Cc1oc2ncn(CCC(=O)NCCCN3CCN(c4ccccc4)CC3)c(=O)c2c1C. The largest absolute Gasteiger partial charge is 0.443 e. The summed E-state index contributed by atoms with van der Waals surface area (Å²) >= 11 is 0. The van der Waals surface area contributed by atoms with Gasteiger partial charge < -0.3 is 14.6 Å². The molecule has 0 atom stereocenters. The standard InChI is InChI=1S/C24H31N5O3/c1-18-19(2)32-23-22(18)24(31)29(17-26-23)12-9-21(30)25-10-6-11-27-13-15-28(16-14-27)20-7-4-3-5-8-20/h3-5,7-8,17H,6,9-16H2,1-2H3,(H,25,30). The topological polar surface area (TPSA) is 83.6 Å². The number of para-hydroxylation sites is 1. The molecule has 1 amide bonds. The molecule has 1 aromatic carbocycles. The molecular formula is C24H31N5O3. The molecule has 0 unspecified atom stereocenters. The molecule has 1 N–H and O–H groups in total. The molecule has 3 aromatic rings. The number of amides is 1. The molecule has 0 saturated carbocycles. The van der Waals surface area contributed by atoms with Crippen LogP contribution in [0.2, 0.25) is 0 Å². The van der Waals surface area contributed by atoms with Crippen LogP contribution in [0.4, 0.5) is 5.69 Å². The fourth-order valence-electron chi connectivity index (χ4n) is 4.14. The van der Waals surface area contributed by atoms with Gasteiger partial charge in [-0.25, -0.2) is 4.98 Å². The lowest BCUT2D eigenvalue weighted by atomic mass is 10.2. The second-order valence-corrected chi connectivity index (χ2v) is 8.32. The number of benzene rings is 1. The summed E-state index contributed by atoms with van der Waals surface area (Å²) in [5.74, 6) is 0.646. The van der Waals surface area contributed by atoms with Crippen molar-refractivity contribution in [3.05, 3.63) is 58.3 Å². The molecule has 1 fully saturated rings. The monoisotopic (exact) mass is 437 g/mol. The maximum Gasteiger partial charge on any atom is 0.264 e. The van der Waals surface area contributed by atoms with Crippen molar-refractivity contribution in [2.24, 2.45) is 0 Å². The molecule has 2 aromatic heterocycles. The first kappa shape index (κ1) is 22.1. The summed E-state index contributed by atoms with van der Waals surface area (Å²) < 4.78 is 6.98. The number of rotatable bonds is 8. The summed E-state index contributed by atoms with van der Waals surface area (Å²) in [7, 11) is 0. The highest BCUT2D eigenvalue weighted by molar-refractivity contribution is 5.77. The summed E-state index contributed by atoms with van der Waals surface area (Å²) in [6.07, 6.45) is 2.62. The van der Waals surface area contributed by atoms with Gasteiger partial charge in [-0.2, -0.15) is 0 Å². The highest BCUT2D eigenvalue weighted by atomic mass is 16.3. The number of anilines is 1. The lowest BCUT2D eigenvalue weighted by Crippen LogP contribution is -2.47. The van der Waals surface area contributed by atoms with Gasteiger partial charge in [0.25, 0.3) is 5.56 Å². The maximum absolute atomic E-state index is 12.6. The van der Waals surface area contributed by atoms with Gasteiger partial charge in [-0.3, -0.25) is 19.1 Å². The number of nitrogens with zero attached hydrogens (tertiary/aromatic N) is 4. The fourth-order valence-corrected chi connectivity index (χ4v) is 4.14. The molecule has 0 aliphatic carbocycles. The summed E-state index contributed by atoms with van der Waals surface area (Å²) in [5, 5.41) is 3.47. The van der Waals surface area contributed by atoms with E-state index in [2.05, 4.69) is 44.4 Å². The third-order valence-corrected chi connectivity index (χ3v) is 6.20. The lowest BCUT2D eigenvalue weighted by molar-refractivity contribution is -0.121. The van der Waals surface area contributed by atoms with E-state index in [1.54, 1.807) is 0 Å². The van der Waals surface area contributed by atoms with Gasteiger partial charge >= 0.3 is 0 Å². The number of carbonyl (C=O) groups is 1. The van der Waals surface area contributed by atoms with Gasteiger partial charge in [0.05, 0.1) is 0 Å². The minimum Gasteiger partial charge on any atom is -0.443 e. The zero-order chi connectivity index (χ0) is 22.5. The average molecular weight is 438 g/mol. The van der Waals surface area contributed by atoms with Gasteiger partial charge in [0.1, 0.15) is 17.5 Å². The number of fused-ring (bicyclic) bond motifs is 1. The van der Waals surface area contributed by atoms with Crippen LogP contribution in [-0.2, 0) is 11.3 Å². The summed E-state index contributed by atoms with van der Waals surface area (Å²) in [5.41, 5.74) is 2.29. The highest BCUT2D eigenvalue weighted by Crippen LogP contribution is 2.19. The van der Waals surface area contributed by atoms with Crippen molar-refractivity contribution in [2.45, 2.75) is 33.2 Å². The van der Waals surface area contributed by atoms with Crippen molar-refractivity contribution >= 4 is 22.7 Å². The first-order chi connectivity index (χ1) is 15.5. The first-order valence-corrected chi connectivity index (χ1v) is 11.3. The molecule has 0 bridgehead atoms. The van der Waals surface area contributed by atoms with Crippen LogP contribution in [0.25, 0.3) is 11.1 Å². The smallest absolute Gasteiger partial charge is 0.264 e. The summed E-state index contributed by atoms with van der Waals surface area (Å²) in [4.78, 5) is 33.9. The minimum atomic E-state index is -0.160. The molecule has 32 heavy (non-hydrogen) atoms. The number of carbonyl (C=O) groups excluding carboxylic acids is 1. The van der Waals surface area contributed by atoms with Gasteiger partial charge in [0, 0.05) is 56.9 Å². The summed E-state index contributed by atoms with van der Waals surface area (Å²) in [6.45, 7) is 9.71. The van der Waals surface area contributed by atoms with Gasteiger partial charge in [-0.05, 0) is 38.9 Å². The van der Waals surface area contributed by atoms with Crippen molar-refractivity contribution in [1.29, 1.82) is 0 Å². The maximum atomic E-state index is 12.6. The van der Waals surface area contributed by atoms with Gasteiger partial charge in [0.2, 0.25) is 11.6 Å². The van der Waals surface area contributed by atoms with Crippen molar-refractivity contribution in [3.8, 4) is 0 Å². The third-order valence-electron chi connectivity index (χ3n) is 6.20. The number of nitrogens with one attached hydrogen (secondary N) is 1. The Morgan fingerprint density at radius 2 is 1.84 bits per heavy atom. The predicted molar refractivity (Wildman–Crippen MR) is 125 cm³/mol. The van der Waals surface area contributed by atoms with E-state index in [1.165, 1.54) is 16.6 Å². The number of aromatic nitrogens is 2. The lowest BCUT2D eigenvalue weighted by Gasteiger charge is -2.36. The molecule has 1 aliphatic heterocycles. The summed E-state index contributed by atoms with van der Waals surface area (Å²) in [6, 6.07) is 10.5. The van der Waals surface area contributed by atoms with E-state index >= 15 is 0 Å². The Hall–Kier alpha value is -3.13. The van der Waals surface area contributed by atoms with E-state index in [1.807, 2.05) is 19.9 Å². The first-order valence-electron chi connectivity index (χ1n) is 11.3. The second-order valence-electron chi connectivity index (χ2n) is 8.32. The Bertz CT molecular complexity index is 1110. The van der Waals surface area contributed by atoms with E-state index in [0.717, 1.165) is 44.7 Å². The number of piperazine rings is 1. The minimum absolute atomic E-state index is 0.0500. The molecule has 8 heteroatoms. The van der Waals surface area contributed by atoms with Crippen LogP contribution in [-0.4, -0.2) is 59.6 Å². The number of aryl methyl sites for hydroxylation is 3. The number of hydrogen-bond acceptors (Lipinski definition) is 6. The molecule has 3 heterocycles. The van der Waals surface area contributed by atoms with E-state index < -0.39 is 0 Å². The molecule has 8 nitrogen and oxygen atoms in total. The van der Waals surface area contributed by atoms with Crippen LogP contribution in [0.1, 0.15) is 24.2 Å². The Morgan fingerprint density at radius 1 is 1.09 bits per heavy atom. The Balaban J connectivity index is 1.16. The van der Waals surface area contributed by atoms with Crippen molar-refractivity contribution < 1.29 is 9.21 Å². The van der Waals surface area contributed by atoms with Crippen molar-refractivity contribution in [3.63, 3.8) is 0 Å². The second kappa shape index (κ2) is 9.99. The normalized spacial score (nSPS) is 14.8. The molecule has 0 spiro atoms. The average Bonchev–Trinajstić information content (AvgIpc) is 3.11. The molecule has 170 valence electrons. The third kappa shape index (κ3) is 5.02. The molecular weight excluding hydrogens is 406 g/mol. The number of hydrogen-bond donors (Lipinski definition) is 1. The molecule has 0 radical (unpaired) electrons. The Morgan fingerprint density at radius 3 is 2.59 bits per heavy atom. The molecule has 4 rings (SSSR count). The van der Waals surface area contributed by atoms with E-state index in [-0.39, 0.29) is 17.9 Å². The van der Waals surface area contributed by atoms with Crippen LogP contribution >= 0.6 is 0 Å². The van der Waals surface area contributed by atoms with Crippen LogP contribution in [0.15, 0.2) is 45.9 Å². The Kier molecular flexibility index (Phi) is 6.90. The van der Waals surface area contributed by atoms with Crippen molar-refractivity contribution in [2.75, 3.05) is 44.2 Å². The van der Waals surface area contributed by atoms with Crippen LogP contribution in [0, 0.1) is 13.8 Å². The van der Waals surface area contributed by atoms with Crippen LogP contribution < -0.4 is 15.8 Å². The van der Waals surface area contributed by atoms with Crippen LogP contribution in [0.5, 0.6) is 0 Å². The molecule has 1 saturated heterocycles. The van der Waals surface area contributed by atoms with Gasteiger partial charge in [0.15, 0.2) is 0 Å². The fraction of sp³-hybridized carbons (Fsp3) is 0.458. The Labute approximate surface area is 187 Å². The van der Waals surface area contributed by atoms with Crippen molar-refractivity contribution in [1.82, 2.24) is 19.8 Å². The van der Waals surface area contributed by atoms with Gasteiger partial charge in [-0.1, -0.05) is 18.2 Å². The number of furan rings is 1. The van der Waals surface area contributed by atoms with E-state index in [0.29, 0.717) is 29.9 Å². The van der Waals surface area contributed by atoms with E-state index in [4.69, 9.17) is 4.42 Å². The van der Waals surface area contributed by atoms with Gasteiger partial charge in [-0.15, -0.1) is 0 Å². The zero-order valence-corrected chi connectivity index (χ0v) is 18.8. The zero-order valence-electron chi connectivity index (χ0n) is 18.8. The quantitative estimate of drug-likeness (QED) is 0.545. The highest BCUT2D eigenvalue weighted by Gasteiger charge is 2.17. The van der Waals surface area contributed by atoms with E-state index in [9.17, 15) is 9.59 Å². The van der Waals surface area contributed by atoms with Crippen LogP contribution in [0.3, 0.4) is 0 Å².